The van der Waals surface area contributed by atoms with E-state index in [2.05, 4.69) is 15.6 Å². The van der Waals surface area contributed by atoms with Gasteiger partial charge in [0.05, 0.1) is 0 Å². The maximum absolute atomic E-state index is 14.5. The van der Waals surface area contributed by atoms with Gasteiger partial charge in [-0.15, -0.1) is 0 Å². The highest BCUT2D eigenvalue weighted by atomic mass is 19.1. The van der Waals surface area contributed by atoms with Crippen molar-refractivity contribution >= 4 is 17.8 Å². The number of rotatable bonds is 12. The minimum atomic E-state index is -1.47. The number of halogens is 1. The first kappa shape index (κ1) is 25.4. The van der Waals surface area contributed by atoms with Crippen molar-refractivity contribution < 1.29 is 23.6 Å². The van der Waals surface area contributed by atoms with Gasteiger partial charge in [0.25, 0.3) is 5.91 Å². The Morgan fingerprint density at radius 3 is 2.43 bits per heavy atom. The smallest absolute Gasteiger partial charge is 0.273 e. The Bertz CT molecular complexity index is 1150. The number of carbonyl (C=O) groups excluding carboxylic acids is 1. The topological polar surface area (TPSA) is 81.5 Å². The molecule has 1 atom stereocenters. The predicted molar refractivity (Wildman–Crippen MR) is 133 cm³/mol. The number of amides is 1. The lowest BCUT2D eigenvalue weighted by molar-refractivity contribution is -0.114. The zero-order valence-corrected chi connectivity index (χ0v) is 19.7. The number of para-hydroxylation sites is 1. The molecule has 1 amide bonds. The van der Waals surface area contributed by atoms with Crippen molar-refractivity contribution in [2.24, 2.45) is 10.3 Å². The molecule has 1 N–H and O–H groups in total. The SMILES string of the molecule is CNC(=O)/C(=N/OC)c1ccccc1CON=CCc1ccccc1OC(F)Cc1ccccc1. The highest BCUT2D eigenvalue weighted by Gasteiger charge is 2.17. The molecule has 0 aliphatic carbocycles. The molecule has 35 heavy (non-hydrogen) atoms. The summed E-state index contributed by atoms with van der Waals surface area (Å²) in [5.41, 5.74) is 3.08. The van der Waals surface area contributed by atoms with E-state index in [1.807, 2.05) is 54.6 Å². The second-order valence-corrected chi connectivity index (χ2v) is 7.45. The van der Waals surface area contributed by atoms with Gasteiger partial charge in [0.2, 0.25) is 6.36 Å². The summed E-state index contributed by atoms with van der Waals surface area (Å²) >= 11 is 0. The Kier molecular flexibility index (Phi) is 9.80. The lowest BCUT2D eigenvalue weighted by Gasteiger charge is -2.14. The fourth-order valence-electron chi connectivity index (χ4n) is 3.36. The van der Waals surface area contributed by atoms with Gasteiger partial charge in [-0.2, -0.15) is 0 Å². The van der Waals surface area contributed by atoms with Crippen LogP contribution in [0.3, 0.4) is 0 Å². The zero-order chi connectivity index (χ0) is 24.9. The van der Waals surface area contributed by atoms with E-state index in [9.17, 15) is 9.18 Å². The number of nitrogens with one attached hydrogen (secondary N) is 1. The van der Waals surface area contributed by atoms with Crippen LogP contribution in [0.2, 0.25) is 0 Å². The molecule has 0 heterocycles. The van der Waals surface area contributed by atoms with Gasteiger partial charge in [-0.1, -0.05) is 83.1 Å². The van der Waals surface area contributed by atoms with Crippen LogP contribution in [-0.2, 0) is 33.9 Å². The summed E-state index contributed by atoms with van der Waals surface area (Å²) in [5, 5.41) is 10.4. The number of benzene rings is 3. The molecule has 0 aromatic heterocycles. The van der Waals surface area contributed by atoms with Crippen LogP contribution < -0.4 is 10.1 Å². The Morgan fingerprint density at radius 2 is 1.69 bits per heavy atom. The lowest BCUT2D eigenvalue weighted by Crippen LogP contribution is -2.29. The van der Waals surface area contributed by atoms with E-state index in [0.717, 1.165) is 11.1 Å². The van der Waals surface area contributed by atoms with Gasteiger partial charge < -0.3 is 19.7 Å². The molecule has 0 spiro atoms. The third-order valence-electron chi connectivity index (χ3n) is 5.04. The molecule has 0 aliphatic heterocycles. The minimum Gasteiger partial charge on any atom is -0.460 e. The van der Waals surface area contributed by atoms with E-state index < -0.39 is 6.36 Å². The summed E-state index contributed by atoms with van der Waals surface area (Å²) in [4.78, 5) is 22.4. The number of nitrogens with zero attached hydrogens (tertiary/aromatic N) is 2. The van der Waals surface area contributed by atoms with E-state index in [4.69, 9.17) is 14.4 Å². The molecule has 7 nitrogen and oxygen atoms in total. The third-order valence-corrected chi connectivity index (χ3v) is 5.04. The van der Waals surface area contributed by atoms with Gasteiger partial charge in [-0.25, -0.2) is 4.39 Å². The summed E-state index contributed by atoms with van der Waals surface area (Å²) in [6, 6.07) is 23.8. The molecule has 0 saturated carbocycles. The average molecular weight is 478 g/mol. The Morgan fingerprint density at radius 1 is 1.00 bits per heavy atom. The van der Waals surface area contributed by atoms with Crippen LogP contribution in [0.25, 0.3) is 0 Å². The number of likely N-dealkylation sites (N-methyl/N-ethyl adjacent to an activating group) is 1. The second kappa shape index (κ2) is 13.5. The number of hydrogen-bond donors (Lipinski definition) is 1. The summed E-state index contributed by atoms with van der Waals surface area (Å²) in [6.45, 7) is 0.119. The molecule has 0 radical (unpaired) electrons. The quantitative estimate of drug-likeness (QED) is 0.309. The van der Waals surface area contributed by atoms with Crippen LogP contribution in [0.15, 0.2) is 89.2 Å². The predicted octanol–water partition coefficient (Wildman–Crippen LogP) is 4.45. The summed E-state index contributed by atoms with van der Waals surface area (Å²) in [5.74, 6) is 0.0802. The van der Waals surface area contributed by atoms with Crippen LogP contribution in [0, 0.1) is 0 Å². The number of carbonyl (C=O) groups is 1. The largest absolute Gasteiger partial charge is 0.460 e. The standard InChI is InChI=1S/C27H28FN3O4/c1-29-27(32)26(31-33-2)23-14-8-6-13-22(23)19-34-30-17-16-21-12-7-9-15-24(21)35-25(28)18-20-10-4-3-5-11-20/h3-15,17,25H,16,18-19H2,1-2H3,(H,29,32)/b30-17?,31-26+. The lowest BCUT2D eigenvalue weighted by atomic mass is 10.0. The Hall–Kier alpha value is -4.20. The van der Waals surface area contributed by atoms with Crippen LogP contribution in [0.1, 0.15) is 22.3 Å². The van der Waals surface area contributed by atoms with Gasteiger partial charge in [0.1, 0.15) is 19.5 Å². The molecule has 3 aromatic rings. The van der Waals surface area contributed by atoms with Crippen LogP contribution in [-0.4, -0.2) is 38.3 Å². The number of ether oxygens (including phenoxy) is 1. The highest BCUT2D eigenvalue weighted by molar-refractivity contribution is 6.45. The molecule has 1 unspecified atom stereocenters. The highest BCUT2D eigenvalue weighted by Crippen LogP contribution is 2.21. The first-order valence-corrected chi connectivity index (χ1v) is 11.1. The fourth-order valence-corrected chi connectivity index (χ4v) is 3.36. The molecule has 0 saturated heterocycles. The van der Waals surface area contributed by atoms with E-state index in [1.165, 1.54) is 14.2 Å². The van der Waals surface area contributed by atoms with Crippen molar-refractivity contribution in [3.05, 3.63) is 101 Å². The van der Waals surface area contributed by atoms with Crippen LogP contribution in [0.4, 0.5) is 4.39 Å². The van der Waals surface area contributed by atoms with Crippen LogP contribution >= 0.6 is 0 Å². The maximum Gasteiger partial charge on any atom is 0.273 e. The Balaban J connectivity index is 1.59. The molecule has 3 aromatic carbocycles. The van der Waals surface area contributed by atoms with Gasteiger partial charge in [0, 0.05) is 37.2 Å². The number of alkyl halides is 1. The minimum absolute atomic E-state index is 0.119. The van der Waals surface area contributed by atoms with Gasteiger partial charge in [-0.3, -0.25) is 4.79 Å². The monoisotopic (exact) mass is 477 g/mol. The normalized spacial score (nSPS) is 12.3. The van der Waals surface area contributed by atoms with Gasteiger partial charge in [0.15, 0.2) is 5.71 Å². The summed E-state index contributed by atoms with van der Waals surface area (Å²) < 4.78 is 20.0. The fraction of sp³-hybridized carbons (Fsp3) is 0.222. The van der Waals surface area contributed by atoms with Crippen molar-refractivity contribution in [2.45, 2.75) is 25.8 Å². The molecule has 0 fully saturated rings. The molecule has 182 valence electrons. The first-order chi connectivity index (χ1) is 17.1. The summed E-state index contributed by atoms with van der Waals surface area (Å²) in [6.07, 6.45) is 0.672. The molecule has 0 aliphatic rings. The first-order valence-electron chi connectivity index (χ1n) is 11.1. The van der Waals surface area contributed by atoms with Crippen molar-refractivity contribution in [2.75, 3.05) is 14.2 Å². The zero-order valence-electron chi connectivity index (χ0n) is 19.7. The number of oxime groups is 2. The Labute approximate surface area is 204 Å². The van der Waals surface area contributed by atoms with Crippen molar-refractivity contribution in [1.82, 2.24) is 5.32 Å². The molecular weight excluding hydrogens is 449 g/mol. The van der Waals surface area contributed by atoms with E-state index in [0.29, 0.717) is 23.3 Å². The molecular formula is C27H28FN3O4. The maximum atomic E-state index is 14.5. The van der Waals surface area contributed by atoms with Gasteiger partial charge in [-0.05, 0) is 17.2 Å². The van der Waals surface area contributed by atoms with E-state index >= 15 is 0 Å². The summed E-state index contributed by atoms with van der Waals surface area (Å²) in [7, 11) is 2.89. The second-order valence-electron chi connectivity index (χ2n) is 7.45. The van der Waals surface area contributed by atoms with E-state index in [-0.39, 0.29) is 24.6 Å². The third kappa shape index (κ3) is 7.67. The molecule has 8 heteroatoms. The van der Waals surface area contributed by atoms with Crippen molar-refractivity contribution in [3.8, 4) is 5.75 Å². The van der Waals surface area contributed by atoms with Crippen LogP contribution in [0.5, 0.6) is 5.75 Å². The van der Waals surface area contributed by atoms with Gasteiger partial charge >= 0.3 is 0 Å². The average Bonchev–Trinajstić information content (AvgIpc) is 2.88. The molecule has 0 bridgehead atoms. The van der Waals surface area contributed by atoms with Crippen molar-refractivity contribution in [3.63, 3.8) is 0 Å². The van der Waals surface area contributed by atoms with Crippen molar-refractivity contribution in [1.29, 1.82) is 0 Å². The molecule has 3 rings (SSSR count). The van der Waals surface area contributed by atoms with E-state index in [1.54, 1.807) is 30.5 Å². The number of hydrogen-bond acceptors (Lipinski definition) is 6.